The Bertz CT molecular complexity index is 532. The van der Waals surface area contributed by atoms with E-state index in [-0.39, 0.29) is 0 Å². The lowest BCUT2D eigenvalue weighted by Crippen LogP contribution is -1.96. The van der Waals surface area contributed by atoms with E-state index in [9.17, 15) is 0 Å². The van der Waals surface area contributed by atoms with Crippen LogP contribution in [0.2, 0.25) is 0 Å². The van der Waals surface area contributed by atoms with Gasteiger partial charge in [0, 0.05) is 11.3 Å². The third-order valence-corrected chi connectivity index (χ3v) is 4.07. The SMILES string of the molecule is Cc1cc(C)c(Cc2sc(N)nc2C)c(C)c1. The van der Waals surface area contributed by atoms with Crippen molar-refractivity contribution in [2.24, 2.45) is 0 Å². The van der Waals surface area contributed by atoms with Crippen LogP contribution < -0.4 is 5.73 Å². The van der Waals surface area contributed by atoms with Gasteiger partial charge in [-0.25, -0.2) is 4.98 Å². The van der Waals surface area contributed by atoms with E-state index in [1.54, 1.807) is 11.3 Å². The minimum Gasteiger partial charge on any atom is -0.375 e. The van der Waals surface area contributed by atoms with Crippen molar-refractivity contribution in [2.75, 3.05) is 5.73 Å². The average molecular weight is 246 g/mol. The van der Waals surface area contributed by atoms with Crippen LogP contribution in [0.5, 0.6) is 0 Å². The second-order valence-electron chi connectivity index (χ2n) is 4.61. The van der Waals surface area contributed by atoms with Crippen molar-refractivity contribution < 1.29 is 0 Å². The Hall–Kier alpha value is -1.35. The van der Waals surface area contributed by atoms with Crippen molar-refractivity contribution in [3.63, 3.8) is 0 Å². The summed E-state index contributed by atoms with van der Waals surface area (Å²) in [5.41, 5.74) is 12.2. The molecule has 1 aromatic heterocycles. The molecule has 0 amide bonds. The van der Waals surface area contributed by atoms with Gasteiger partial charge in [-0.2, -0.15) is 0 Å². The second kappa shape index (κ2) is 4.49. The van der Waals surface area contributed by atoms with E-state index in [0.29, 0.717) is 5.13 Å². The summed E-state index contributed by atoms with van der Waals surface area (Å²) in [5, 5.41) is 0.667. The van der Waals surface area contributed by atoms with Gasteiger partial charge in [-0.05, 0) is 44.4 Å². The standard InChI is InChI=1S/C14H18N2S/c1-8-5-9(2)12(10(3)6-8)7-13-11(4)16-14(15)17-13/h5-6H,7H2,1-4H3,(H2,15,16). The van der Waals surface area contributed by atoms with Crippen LogP contribution in [-0.4, -0.2) is 4.98 Å². The van der Waals surface area contributed by atoms with Crippen LogP contribution in [-0.2, 0) is 6.42 Å². The maximum Gasteiger partial charge on any atom is 0.180 e. The Balaban J connectivity index is 2.39. The first-order valence-electron chi connectivity index (χ1n) is 5.76. The summed E-state index contributed by atoms with van der Waals surface area (Å²) in [5.74, 6) is 0. The number of benzene rings is 1. The highest BCUT2D eigenvalue weighted by molar-refractivity contribution is 7.15. The van der Waals surface area contributed by atoms with E-state index in [1.807, 2.05) is 6.92 Å². The quantitative estimate of drug-likeness (QED) is 0.880. The van der Waals surface area contributed by atoms with Gasteiger partial charge in [0.2, 0.25) is 0 Å². The zero-order chi connectivity index (χ0) is 12.6. The van der Waals surface area contributed by atoms with Gasteiger partial charge in [-0.1, -0.05) is 17.7 Å². The predicted molar refractivity (Wildman–Crippen MR) is 74.7 cm³/mol. The van der Waals surface area contributed by atoms with Crippen molar-refractivity contribution in [2.45, 2.75) is 34.1 Å². The highest BCUT2D eigenvalue weighted by Gasteiger charge is 2.10. The van der Waals surface area contributed by atoms with Gasteiger partial charge >= 0.3 is 0 Å². The van der Waals surface area contributed by atoms with Crippen molar-refractivity contribution in [1.29, 1.82) is 0 Å². The Labute approximate surface area is 107 Å². The van der Waals surface area contributed by atoms with Crippen LogP contribution in [0.3, 0.4) is 0 Å². The van der Waals surface area contributed by atoms with E-state index in [0.717, 1.165) is 12.1 Å². The number of nitrogens with two attached hydrogens (primary N) is 1. The van der Waals surface area contributed by atoms with E-state index < -0.39 is 0 Å². The molecule has 1 heterocycles. The third kappa shape index (κ3) is 2.50. The number of nitrogens with zero attached hydrogens (tertiary/aromatic N) is 1. The number of aryl methyl sites for hydroxylation is 4. The molecule has 3 heteroatoms. The summed E-state index contributed by atoms with van der Waals surface area (Å²) in [6, 6.07) is 4.48. The topological polar surface area (TPSA) is 38.9 Å². The minimum atomic E-state index is 0.667. The Morgan fingerprint density at radius 3 is 2.18 bits per heavy atom. The van der Waals surface area contributed by atoms with Gasteiger partial charge in [0.1, 0.15) is 0 Å². The molecule has 0 radical (unpaired) electrons. The fraction of sp³-hybridized carbons (Fsp3) is 0.357. The summed E-state index contributed by atoms with van der Waals surface area (Å²) in [4.78, 5) is 5.56. The van der Waals surface area contributed by atoms with E-state index >= 15 is 0 Å². The Morgan fingerprint density at radius 2 is 1.71 bits per heavy atom. The highest BCUT2D eigenvalue weighted by atomic mass is 32.1. The second-order valence-corrected chi connectivity index (χ2v) is 5.73. The van der Waals surface area contributed by atoms with Crippen LogP contribution in [0, 0.1) is 27.7 Å². The van der Waals surface area contributed by atoms with Gasteiger partial charge < -0.3 is 5.73 Å². The number of aromatic nitrogens is 1. The number of hydrogen-bond acceptors (Lipinski definition) is 3. The van der Waals surface area contributed by atoms with Gasteiger partial charge in [0.25, 0.3) is 0 Å². The zero-order valence-electron chi connectivity index (χ0n) is 10.8. The smallest absolute Gasteiger partial charge is 0.180 e. The Morgan fingerprint density at radius 1 is 1.12 bits per heavy atom. The summed E-state index contributed by atoms with van der Waals surface area (Å²) < 4.78 is 0. The maximum atomic E-state index is 5.74. The fourth-order valence-corrected chi connectivity index (χ4v) is 3.11. The summed E-state index contributed by atoms with van der Waals surface area (Å²) in [7, 11) is 0. The number of anilines is 1. The number of hydrogen-bond donors (Lipinski definition) is 1. The molecule has 1 aromatic carbocycles. The summed E-state index contributed by atoms with van der Waals surface area (Å²) >= 11 is 1.60. The molecule has 0 saturated heterocycles. The molecule has 0 aliphatic carbocycles. The monoisotopic (exact) mass is 246 g/mol. The maximum absolute atomic E-state index is 5.74. The van der Waals surface area contributed by atoms with Crippen molar-refractivity contribution in [3.8, 4) is 0 Å². The highest BCUT2D eigenvalue weighted by Crippen LogP contribution is 2.26. The van der Waals surface area contributed by atoms with Gasteiger partial charge in [0.15, 0.2) is 5.13 Å². The third-order valence-electron chi connectivity index (χ3n) is 3.09. The number of rotatable bonds is 2. The van der Waals surface area contributed by atoms with E-state index in [2.05, 4.69) is 37.9 Å². The molecular formula is C14H18N2S. The van der Waals surface area contributed by atoms with Gasteiger partial charge in [0.05, 0.1) is 5.69 Å². The van der Waals surface area contributed by atoms with Crippen LogP contribution >= 0.6 is 11.3 Å². The first kappa shape index (κ1) is 12.1. The normalized spacial score (nSPS) is 10.8. The molecule has 0 saturated carbocycles. The first-order valence-corrected chi connectivity index (χ1v) is 6.57. The Kier molecular flexibility index (Phi) is 3.20. The number of thiazole rings is 1. The number of nitrogen functional groups attached to an aromatic ring is 1. The molecule has 0 aliphatic heterocycles. The molecule has 0 bridgehead atoms. The molecule has 0 spiro atoms. The summed E-state index contributed by atoms with van der Waals surface area (Å²) in [6.45, 7) is 8.52. The average Bonchev–Trinajstić information content (AvgIpc) is 2.51. The lowest BCUT2D eigenvalue weighted by atomic mass is 9.96. The molecule has 2 N–H and O–H groups in total. The van der Waals surface area contributed by atoms with Gasteiger partial charge in [-0.15, -0.1) is 11.3 Å². The molecule has 90 valence electrons. The van der Waals surface area contributed by atoms with Crippen LogP contribution in [0.15, 0.2) is 12.1 Å². The minimum absolute atomic E-state index is 0.667. The zero-order valence-corrected chi connectivity index (χ0v) is 11.6. The molecule has 2 nitrogen and oxygen atoms in total. The van der Waals surface area contributed by atoms with E-state index in [1.165, 1.54) is 27.1 Å². The van der Waals surface area contributed by atoms with Crippen LogP contribution in [0.4, 0.5) is 5.13 Å². The van der Waals surface area contributed by atoms with E-state index in [4.69, 9.17) is 5.73 Å². The van der Waals surface area contributed by atoms with Crippen molar-refractivity contribution >= 4 is 16.5 Å². The van der Waals surface area contributed by atoms with Crippen LogP contribution in [0.25, 0.3) is 0 Å². The molecule has 0 atom stereocenters. The molecule has 17 heavy (non-hydrogen) atoms. The van der Waals surface area contributed by atoms with Crippen LogP contribution in [0.1, 0.15) is 32.8 Å². The molecule has 2 rings (SSSR count). The van der Waals surface area contributed by atoms with Gasteiger partial charge in [-0.3, -0.25) is 0 Å². The van der Waals surface area contributed by atoms with Crippen molar-refractivity contribution in [3.05, 3.63) is 45.0 Å². The largest absolute Gasteiger partial charge is 0.375 e. The fourth-order valence-electron chi connectivity index (χ4n) is 2.26. The summed E-state index contributed by atoms with van der Waals surface area (Å²) in [6.07, 6.45) is 0.943. The molecular weight excluding hydrogens is 228 g/mol. The predicted octanol–water partition coefficient (Wildman–Crippen LogP) is 3.55. The lowest BCUT2D eigenvalue weighted by Gasteiger charge is -2.10. The molecule has 0 unspecified atom stereocenters. The van der Waals surface area contributed by atoms with Crippen molar-refractivity contribution in [1.82, 2.24) is 4.98 Å². The molecule has 0 fully saturated rings. The first-order chi connectivity index (χ1) is 7.97. The molecule has 0 aliphatic rings. The molecule has 2 aromatic rings. The lowest BCUT2D eigenvalue weighted by molar-refractivity contribution is 1.10.